The van der Waals surface area contributed by atoms with Crippen molar-refractivity contribution in [1.29, 1.82) is 0 Å². The summed E-state index contributed by atoms with van der Waals surface area (Å²) in [5, 5.41) is 10.7. The highest BCUT2D eigenvalue weighted by atomic mass is 35.5. The molecular formula is C29H23ClN4OS. The second-order valence-corrected chi connectivity index (χ2v) is 9.88. The van der Waals surface area contributed by atoms with Crippen molar-refractivity contribution in [2.24, 2.45) is 5.10 Å². The summed E-state index contributed by atoms with van der Waals surface area (Å²) in [5.74, 6) is 1.39. The largest absolute Gasteiger partial charge is 0.494 e. The van der Waals surface area contributed by atoms with Crippen LogP contribution in [0.15, 0.2) is 95.4 Å². The number of aromatic nitrogens is 2. The fraction of sp³-hybridized carbons (Fsp3) is 0.138. The van der Waals surface area contributed by atoms with Crippen LogP contribution in [0.25, 0.3) is 22.2 Å². The maximum atomic E-state index is 6.38. The van der Waals surface area contributed by atoms with Crippen LogP contribution in [0.3, 0.4) is 0 Å². The lowest BCUT2D eigenvalue weighted by Crippen LogP contribution is -2.21. The van der Waals surface area contributed by atoms with Crippen molar-refractivity contribution in [2.45, 2.75) is 19.4 Å². The van der Waals surface area contributed by atoms with E-state index in [9.17, 15) is 0 Å². The summed E-state index contributed by atoms with van der Waals surface area (Å²) in [6.07, 6.45) is 0.744. The third-order valence-corrected chi connectivity index (χ3v) is 7.32. The second kappa shape index (κ2) is 9.72. The number of hydrazone groups is 1. The first-order valence-electron chi connectivity index (χ1n) is 11.9. The van der Waals surface area contributed by atoms with Crippen molar-refractivity contribution in [1.82, 2.24) is 9.97 Å². The van der Waals surface area contributed by atoms with Crippen LogP contribution in [0.2, 0.25) is 5.02 Å². The Hall–Kier alpha value is -3.74. The van der Waals surface area contributed by atoms with Crippen LogP contribution < -0.4 is 9.75 Å². The van der Waals surface area contributed by atoms with Crippen molar-refractivity contribution >= 4 is 45.5 Å². The fourth-order valence-corrected chi connectivity index (χ4v) is 5.42. The molecule has 0 aliphatic carbocycles. The van der Waals surface area contributed by atoms with E-state index in [1.54, 1.807) is 11.3 Å². The molecule has 0 saturated heterocycles. The molecule has 3 aromatic carbocycles. The topological polar surface area (TPSA) is 50.6 Å². The van der Waals surface area contributed by atoms with Crippen LogP contribution in [0, 0.1) is 0 Å². The van der Waals surface area contributed by atoms with E-state index in [1.165, 1.54) is 0 Å². The Morgan fingerprint density at radius 1 is 0.972 bits per heavy atom. The van der Waals surface area contributed by atoms with Crippen LogP contribution in [0.5, 0.6) is 5.75 Å². The Morgan fingerprint density at radius 2 is 1.86 bits per heavy atom. The highest BCUT2D eigenvalue weighted by molar-refractivity contribution is 7.12. The standard InChI is InChI=1S/C29H23ClN4OS/c1-2-35-22-11-6-10-20(16-22)26-18-25(27-12-7-15-36-27)33-34(26)29-31-24-17-21(30)13-14-23(24)28(32-29)19-8-4-3-5-9-19/h3-17,26H,2,18H2,1H3. The van der Waals surface area contributed by atoms with Gasteiger partial charge in [0, 0.05) is 22.4 Å². The van der Waals surface area contributed by atoms with Gasteiger partial charge in [-0.1, -0.05) is 60.1 Å². The number of hydrogen-bond acceptors (Lipinski definition) is 6. The second-order valence-electron chi connectivity index (χ2n) is 8.49. The Bertz CT molecular complexity index is 1550. The molecule has 36 heavy (non-hydrogen) atoms. The van der Waals surface area contributed by atoms with E-state index in [-0.39, 0.29) is 6.04 Å². The normalized spacial score (nSPS) is 15.3. The number of nitrogens with zero attached hydrogens (tertiary/aromatic N) is 4. The number of hydrogen-bond donors (Lipinski definition) is 0. The van der Waals surface area contributed by atoms with Gasteiger partial charge in [-0.2, -0.15) is 5.10 Å². The zero-order chi connectivity index (χ0) is 24.5. The summed E-state index contributed by atoms with van der Waals surface area (Å²) in [6.45, 7) is 2.61. The van der Waals surface area contributed by atoms with Gasteiger partial charge in [-0.3, -0.25) is 0 Å². The molecule has 1 aliphatic heterocycles. The number of fused-ring (bicyclic) bond motifs is 1. The van der Waals surface area contributed by atoms with Crippen molar-refractivity contribution in [3.63, 3.8) is 0 Å². The highest BCUT2D eigenvalue weighted by Gasteiger charge is 2.33. The minimum Gasteiger partial charge on any atom is -0.494 e. The molecule has 0 spiro atoms. The van der Waals surface area contributed by atoms with Gasteiger partial charge < -0.3 is 4.74 Å². The van der Waals surface area contributed by atoms with Crippen molar-refractivity contribution < 1.29 is 4.74 Å². The smallest absolute Gasteiger partial charge is 0.247 e. The van der Waals surface area contributed by atoms with Crippen LogP contribution in [-0.4, -0.2) is 22.3 Å². The van der Waals surface area contributed by atoms with Gasteiger partial charge in [0.25, 0.3) is 0 Å². The molecule has 0 amide bonds. The Labute approximate surface area is 218 Å². The molecular weight excluding hydrogens is 488 g/mol. The molecule has 0 saturated carbocycles. The molecule has 5 aromatic rings. The minimum absolute atomic E-state index is 0.0669. The first-order chi connectivity index (χ1) is 17.7. The molecule has 5 nitrogen and oxygen atoms in total. The monoisotopic (exact) mass is 510 g/mol. The summed E-state index contributed by atoms with van der Waals surface area (Å²) >= 11 is 8.07. The minimum atomic E-state index is -0.0669. The van der Waals surface area contributed by atoms with Gasteiger partial charge in [0.2, 0.25) is 5.95 Å². The Morgan fingerprint density at radius 3 is 2.67 bits per heavy atom. The van der Waals surface area contributed by atoms with Crippen molar-refractivity contribution in [3.05, 3.63) is 106 Å². The summed E-state index contributed by atoms with van der Waals surface area (Å²) in [5.41, 5.74) is 4.78. The van der Waals surface area contributed by atoms with Crippen molar-refractivity contribution in [2.75, 3.05) is 11.6 Å². The fourth-order valence-electron chi connectivity index (χ4n) is 4.53. The molecule has 178 valence electrons. The third-order valence-electron chi connectivity index (χ3n) is 6.17. The molecule has 1 atom stereocenters. The quantitative estimate of drug-likeness (QED) is 0.234. The molecule has 0 fully saturated rings. The van der Waals surface area contributed by atoms with E-state index in [2.05, 4.69) is 41.8 Å². The van der Waals surface area contributed by atoms with Gasteiger partial charge in [-0.25, -0.2) is 15.0 Å². The molecule has 0 bridgehead atoms. The predicted molar refractivity (Wildman–Crippen MR) is 148 cm³/mol. The average molecular weight is 511 g/mol. The number of benzene rings is 3. The van der Waals surface area contributed by atoms with E-state index in [4.69, 9.17) is 31.4 Å². The van der Waals surface area contributed by atoms with Gasteiger partial charge in [0.1, 0.15) is 5.75 Å². The van der Waals surface area contributed by atoms with Gasteiger partial charge in [0.15, 0.2) is 0 Å². The molecule has 1 aliphatic rings. The third kappa shape index (κ3) is 4.34. The number of rotatable bonds is 6. The lowest BCUT2D eigenvalue weighted by molar-refractivity contribution is 0.339. The Balaban J connectivity index is 1.53. The molecule has 1 unspecified atom stereocenters. The summed E-state index contributed by atoms with van der Waals surface area (Å²) in [7, 11) is 0. The molecule has 0 N–H and O–H groups in total. The van der Waals surface area contributed by atoms with Crippen LogP contribution in [-0.2, 0) is 0 Å². The maximum absolute atomic E-state index is 6.38. The molecule has 3 heterocycles. The van der Waals surface area contributed by atoms with Crippen LogP contribution in [0.1, 0.15) is 29.8 Å². The number of ether oxygens (including phenoxy) is 1. The van der Waals surface area contributed by atoms with Gasteiger partial charge in [0.05, 0.1) is 34.4 Å². The molecule has 2 aromatic heterocycles. The van der Waals surface area contributed by atoms with E-state index < -0.39 is 0 Å². The van der Waals surface area contributed by atoms with Crippen molar-refractivity contribution in [3.8, 4) is 17.0 Å². The van der Waals surface area contributed by atoms with E-state index >= 15 is 0 Å². The molecule has 0 radical (unpaired) electrons. The van der Waals surface area contributed by atoms with Crippen LogP contribution in [0.4, 0.5) is 5.95 Å². The summed E-state index contributed by atoms with van der Waals surface area (Å²) in [4.78, 5) is 11.2. The zero-order valence-corrected chi connectivity index (χ0v) is 21.2. The van der Waals surface area contributed by atoms with Gasteiger partial charge in [-0.15, -0.1) is 11.3 Å². The van der Waals surface area contributed by atoms with Gasteiger partial charge >= 0.3 is 0 Å². The first-order valence-corrected chi connectivity index (χ1v) is 13.1. The number of thiophene rings is 1. The zero-order valence-electron chi connectivity index (χ0n) is 19.6. The first kappa shape index (κ1) is 22.7. The predicted octanol–water partition coefficient (Wildman–Crippen LogP) is 7.77. The number of anilines is 1. The lowest BCUT2D eigenvalue weighted by atomic mass is 10.0. The molecule has 7 heteroatoms. The highest BCUT2D eigenvalue weighted by Crippen LogP contribution is 2.39. The summed E-state index contributed by atoms with van der Waals surface area (Å²) in [6, 6.07) is 28.2. The Kier molecular flexibility index (Phi) is 6.13. The van der Waals surface area contributed by atoms with Crippen LogP contribution >= 0.6 is 22.9 Å². The van der Waals surface area contributed by atoms with E-state index in [0.29, 0.717) is 17.6 Å². The van der Waals surface area contributed by atoms with E-state index in [0.717, 1.165) is 50.5 Å². The average Bonchev–Trinajstić information content (AvgIpc) is 3.59. The number of halogens is 1. The SMILES string of the molecule is CCOc1cccc(C2CC(c3cccs3)=NN2c2nc(-c3ccccc3)c3ccc(Cl)cc3n2)c1. The van der Waals surface area contributed by atoms with Gasteiger partial charge in [-0.05, 0) is 54.3 Å². The molecule has 6 rings (SSSR count). The van der Waals surface area contributed by atoms with E-state index in [1.807, 2.05) is 60.5 Å². The lowest BCUT2D eigenvalue weighted by Gasteiger charge is -2.23. The summed E-state index contributed by atoms with van der Waals surface area (Å²) < 4.78 is 5.79. The maximum Gasteiger partial charge on any atom is 0.247 e.